The van der Waals surface area contributed by atoms with Gasteiger partial charge in [-0.25, -0.2) is 4.39 Å². The summed E-state index contributed by atoms with van der Waals surface area (Å²) >= 11 is 0. The first-order chi connectivity index (χ1) is 8.47. The summed E-state index contributed by atoms with van der Waals surface area (Å²) in [4.78, 5) is 4.70. The number of nitrogens with zero attached hydrogens (tertiary/aromatic N) is 2. The maximum Gasteiger partial charge on any atom is 0.123 e. The van der Waals surface area contributed by atoms with E-state index in [1.54, 1.807) is 12.1 Å². The van der Waals surface area contributed by atoms with Crippen molar-refractivity contribution in [2.75, 3.05) is 39.8 Å². The molecule has 0 aromatic heterocycles. The van der Waals surface area contributed by atoms with Crippen molar-refractivity contribution in [1.82, 2.24) is 9.80 Å². The Morgan fingerprint density at radius 1 is 1.17 bits per heavy atom. The maximum atomic E-state index is 12.9. The predicted molar refractivity (Wildman–Crippen MR) is 71.9 cm³/mol. The quantitative estimate of drug-likeness (QED) is 0.877. The molecule has 100 valence electrons. The Hall–Kier alpha value is -0.970. The van der Waals surface area contributed by atoms with Crippen LogP contribution in [0.2, 0.25) is 0 Å². The zero-order valence-corrected chi connectivity index (χ0v) is 11.2. The van der Waals surface area contributed by atoms with Crippen LogP contribution in [0, 0.1) is 5.82 Å². The van der Waals surface area contributed by atoms with Gasteiger partial charge in [-0.15, -0.1) is 0 Å². The van der Waals surface area contributed by atoms with Crippen molar-refractivity contribution in [3.63, 3.8) is 0 Å². The number of likely N-dealkylation sites (N-methyl/N-ethyl adjacent to an activating group) is 1. The van der Waals surface area contributed by atoms with Crippen molar-refractivity contribution in [1.29, 1.82) is 0 Å². The van der Waals surface area contributed by atoms with Crippen LogP contribution in [0.1, 0.15) is 12.5 Å². The van der Waals surface area contributed by atoms with E-state index < -0.39 is 5.54 Å². The Bertz CT molecular complexity index is 381. The van der Waals surface area contributed by atoms with Crippen LogP contribution in [0.4, 0.5) is 4.39 Å². The SMILES string of the molecule is CN1CCN(CC(C)(N)c2ccc(F)cc2)CC1. The van der Waals surface area contributed by atoms with E-state index in [9.17, 15) is 4.39 Å². The molecule has 0 bridgehead atoms. The topological polar surface area (TPSA) is 32.5 Å². The molecule has 1 aromatic carbocycles. The average molecular weight is 251 g/mol. The lowest BCUT2D eigenvalue weighted by Crippen LogP contribution is -2.52. The van der Waals surface area contributed by atoms with E-state index >= 15 is 0 Å². The largest absolute Gasteiger partial charge is 0.321 e. The highest BCUT2D eigenvalue weighted by Crippen LogP contribution is 2.20. The van der Waals surface area contributed by atoms with Gasteiger partial charge in [0.15, 0.2) is 0 Å². The van der Waals surface area contributed by atoms with Gasteiger partial charge in [-0.3, -0.25) is 4.90 Å². The number of nitrogens with two attached hydrogens (primary N) is 1. The predicted octanol–water partition coefficient (Wildman–Crippen LogP) is 1.25. The molecule has 0 aliphatic carbocycles. The van der Waals surface area contributed by atoms with Crippen LogP contribution in [-0.4, -0.2) is 49.6 Å². The Morgan fingerprint density at radius 2 is 1.72 bits per heavy atom. The molecule has 1 unspecified atom stereocenters. The first-order valence-corrected chi connectivity index (χ1v) is 6.43. The van der Waals surface area contributed by atoms with Crippen LogP contribution < -0.4 is 5.73 Å². The molecule has 1 fully saturated rings. The van der Waals surface area contributed by atoms with Crippen molar-refractivity contribution in [3.8, 4) is 0 Å². The standard InChI is InChI=1S/C14H22FN3/c1-14(16,12-3-5-13(15)6-4-12)11-18-9-7-17(2)8-10-18/h3-6H,7-11,16H2,1-2H3. The molecule has 18 heavy (non-hydrogen) atoms. The van der Waals surface area contributed by atoms with Gasteiger partial charge in [0, 0.05) is 32.7 Å². The number of halogens is 1. The van der Waals surface area contributed by atoms with Gasteiger partial charge in [0.25, 0.3) is 0 Å². The third-order valence-corrected chi connectivity index (χ3v) is 3.65. The number of hydrogen-bond acceptors (Lipinski definition) is 3. The van der Waals surface area contributed by atoms with Crippen LogP contribution in [0.3, 0.4) is 0 Å². The zero-order valence-electron chi connectivity index (χ0n) is 11.2. The highest BCUT2D eigenvalue weighted by Gasteiger charge is 2.26. The fraction of sp³-hybridized carbons (Fsp3) is 0.571. The molecule has 1 aromatic rings. The summed E-state index contributed by atoms with van der Waals surface area (Å²) in [5.41, 5.74) is 6.94. The molecule has 4 heteroatoms. The van der Waals surface area contributed by atoms with Crippen molar-refractivity contribution < 1.29 is 4.39 Å². The second-order valence-corrected chi connectivity index (χ2v) is 5.50. The van der Waals surface area contributed by atoms with E-state index in [4.69, 9.17) is 5.73 Å². The monoisotopic (exact) mass is 251 g/mol. The highest BCUT2D eigenvalue weighted by molar-refractivity contribution is 5.24. The molecule has 2 rings (SSSR count). The van der Waals surface area contributed by atoms with Crippen molar-refractivity contribution in [3.05, 3.63) is 35.6 Å². The minimum atomic E-state index is -0.427. The van der Waals surface area contributed by atoms with Gasteiger partial charge in [-0.1, -0.05) is 12.1 Å². The average Bonchev–Trinajstić information content (AvgIpc) is 2.32. The molecule has 0 radical (unpaired) electrons. The number of rotatable bonds is 3. The molecule has 1 aliphatic rings. The van der Waals surface area contributed by atoms with Crippen LogP contribution >= 0.6 is 0 Å². The minimum Gasteiger partial charge on any atom is -0.321 e. The molecule has 3 nitrogen and oxygen atoms in total. The molecule has 1 aliphatic heterocycles. The molecular weight excluding hydrogens is 229 g/mol. The van der Waals surface area contributed by atoms with Gasteiger partial charge >= 0.3 is 0 Å². The zero-order chi connectivity index (χ0) is 13.2. The smallest absolute Gasteiger partial charge is 0.123 e. The van der Waals surface area contributed by atoms with Gasteiger partial charge in [-0.2, -0.15) is 0 Å². The Labute approximate surface area is 108 Å². The third-order valence-electron chi connectivity index (χ3n) is 3.65. The number of hydrogen-bond donors (Lipinski definition) is 1. The van der Waals surface area contributed by atoms with E-state index in [1.165, 1.54) is 12.1 Å². The van der Waals surface area contributed by atoms with Crippen LogP contribution in [0.25, 0.3) is 0 Å². The van der Waals surface area contributed by atoms with Gasteiger partial charge in [-0.05, 0) is 31.7 Å². The summed E-state index contributed by atoms with van der Waals surface area (Å²) in [5.74, 6) is -0.214. The van der Waals surface area contributed by atoms with Crippen molar-refractivity contribution in [2.24, 2.45) is 5.73 Å². The van der Waals surface area contributed by atoms with Gasteiger partial charge in [0.2, 0.25) is 0 Å². The van der Waals surface area contributed by atoms with E-state index in [-0.39, 0.29) is 5.82 Å². The lowest BCUT2D eigenvalue weighted by atomic mass is 9.92. The molecule has 1 heterocycles. The minimum absolute atomic E-state index is 0.214. The first kappa shape index (κ1) is 13.5. The molecule has 1 atom stereocenters. The summed E-state index contributed by atoms with van der Waals surface area (Å²) < 4.78 is 12.9. The van der Waals surface area contributed by atoms with Crippen LogP contribution in [0.5, 0.6) is 0 Å². The molecule has 0 saturated carbocycles. The number of piperazine rings is 1. The Kier molecular flexibility index (Phi) is 4.00. The van der Waals surface area contributed by atoms with Crippen molar-refractivity contribution in [2.45, 2.75) is 12.5 Å². The van der Waals surface area contributed by atoms with E-state index in [0.29, 0.717) is 0 Å². The van der Waals surface area contributed by atoms with E-state index in [1.807, 2.05) is 6.92 Å². The second kappa shape index (κ2) is 5.34. The summed E-state index contributed by atoms with van der Waals surface area (Å²) in [6.07, 6.45) is 0. The molecule has 2 N–H and O–H groups in total. The summed E-state index contributed by atoms with van der Waals surface area (Å²) in [6, 6.07) is 6.52. The first-order valence-electron chi connectivity index (χ1n) is 6.43. The number of benzene rings is 1. The van der Waals surface area contributed by atoms with Crippen molar-refractivity contribution >= 4 is 0 Å². The van der Waals surface area contributed by atoms with E-state index in [2.05, 4.69) is 16.8 Å². The maximum absolute atomic E-state index is 12.9. The van der Waals surface area contributed by atoms with E-state index in [0.717, 1.165) is 38.3 Å². The Balaban J connectivity index is 2.00. The van der Waals surface area contributed by atoms with Crippen LogP contribution in [0.15, 0.2) is 24.3 Å². The lowest BCUT2D eigenvalue weighted by molar-refractivity contribution is 0.130. The van der Waals surface area contributed by atoms with Gasteiger partial charge in [0.05, 0.1) is 5.54 Å². The lowest BCUT2D eigenvalue weighted by Gasteiger charge is -2.37. The highest BCUT2D eigenvalue weighted by atomic mass is 19.1. The summed E-state index contributed by atoms with van der Waals surface area (Å²) in [6.45, 7) is 7.08. The van der Waals surface area contributed by atoms with Gasteiger partial charge < -0.3 is 10.6 Å². The molecule has 1 saturated heterocycles. The van der Waals surface area contributed by atoms with Gasteiger partial charge in [0.1, 0.15) is 5.82 Å². The third kappa shape index (κ3) is 3.28. The summed E-state index contributed by atoms with van der Waals surface area (Å²) in [7, 11) is 2.14. The molecule has 0 spiro atoms. The fourth-order valence-electron chi connectivity index (χ4n) is 2.39. The summed E-state index contributed by atoms with van der Waals surface area (Å²) in [5, 5.41) is 0. The Morgan fingerprint density at radius 3 is 2.28 bits per heavy atom. The second-order valence-electron chi connectivity index (χ2n) is 5.50. The molecule has 0 amide bonds. The normalized spacial score (nSPS) is 21.8. The molecular formula is C14H22FN3. The fourth-order valence-corrected chi connectivity index (χ4v) is 2.39. The van der Waals surface area contributed by atoms with Crippen LogP contribution in [-0.2, 0) is 5.54 Å².